The van der Waals surface area contributed by atoms with Crippen LogP contribution < -0.4 is 10.5 Å². The van der Waals surface area contributed by atoms with E-state index in [9.17, 15) is 48.6 Å². The molecule has 2 aromatic rings. The Labute approximate surface area is 447 Å². The summed E-state index contributed by atoms with van der Waals surface area (Å²) in [6.45, 7) is 10.1. The fraction of sp³-hybridized carbons (Fsp3) is 0.736. The number of aliphatic hydroxyl groups excluding tert-OH is 5. The minimum Gasteiger partial charge on any atom is -0.478 e. The van der Waals surface area contributed by atoms with Crippen molar-refractivity contribution in [3.05, 3.63) is 58.5 Å². The van der Waals surface area contributed by atoms with Gasteiger partial charge in [0.05, 0.1) is 83.5 Å². The van der Waals surface area contributed by atoms with Gasteiger partial charge < -0.3 is 78.6 Å². The van der Waals surface area contributed by atoms with Crippen molar-refractivity contribution in [1.29, 1.82) is 0 Å². The van der Waals surface area contributed by atoms with E-state index in [0.29, 0.717) is 24.5 Å². The Hall–Kier alpha value is -3.30. The maximum absolute atomic E-state index is 12.6. The summed E-state index contributed by atoms with van der Waals surface area (Å²) >= 11 is 5.84. The van der Waals surface area contributed by atoms with Gasteiger partial charge in [-0.1, -0.05) is 25.4 Å². The first-order chi connectivity index (χ1) is 35.8. The Morgan fingerprint density at radius 3 is 2.03 bits per heavy atom. The average molecular weight is 1110 g/mol. The highest BCUT2D eigenvalue weighted by Crippen LogP contribution is 2.70. The molecule has 3 saturated heterocycles. The van der Waals surface area contributed by atoms with Crippen molar-refractivity contribution in [1.82, 2.24) is 0 Å². The van der Waals surface area contributed by atoms with Crippen LogP contribution >= 0.6 is 11.6 Å². The molecular formula is C53H75ClN2O19S. The standard InChI is InChI=1S/C41H64O14.C12H11ClN2O5S/c1-19-36(47)28(42)15-34(50-19)54-38-21(3)52-35(17-30(38)44)55-37-20(2)51-33(16-29(37)43)53-24-8-10-39(4)23(13-24)6-7-26-27(39)14-31(45)40(5)25(9-11-41(26,40)48)22-12-32(46)49-18-22;13-9-5-10(15-6-7-2-1-3-20-7)8(12(16)17)4-11(9)21(14,18)19/h12,19-21,23-31,33-38,42-45,47-48H,6-11,13-18H2,1-5H3;1-5,15H,6H2,(H,16,17)(H2,14,18,19)/t19-,20-,21-,23-,24+,25-,26-,27+,28+,29+,30+,31-,33+,34+,35+,36-,37-,38-,39+,40+,41+;/m1./s1. The Balaban J connectivity index is 0.000000282. The Morgan fingerprint density at radius 2 is 1.46 bits per heavy atom. The van der Waals surface area contributed by atoms with Gasteiger partial charge in [-0.25, -0.2) is 23.1 Å². The number of fused-ring (bicyclic) bond motifs is 5. The third kappa shape index (κ3) is 11.1. The number of benzene rings is 1. The Bertz CT molecular complexity index is 2520. The number of aromatic carboxylic acids is 1. The number of carbonyl (C=O) groups is 2. The molecule has 76 heavy (non-hydrogen) atoms. The fourth-order valence-electron chi connectivity index (χ4n) is 14.5. The number of carbonyl (C=O) groups excluding carboxylic acids is 1. The van der Waals surface area contributed by atoms with Crippen molar-refractivity contribution in [2.45, 2.75) is 208 Å². The summed E-state index contributed by atoms with van der Waals surface area (Å²) in [5, 5.41) is 83.7. The van der Waals surface area contributed by atoms with Gasteiger partial charge in [-0.2, -0.15) is 0 Å². The number of ether oxygens (including phenoxy) is 7. The number of rotatable bonds is 12. The smallest absolute Gasteiger partial charge is 0.337 e. The zero-order valence-electron chi connectivity index (χ0n) is 43.4. The summed E-state index contributed by atoms with van der Waals surface area (Å²) in [7, 11) is -4.11. The summed E-state index contributed by atoms with van der Waals surface area (Å²) in [5.74, 6) is -0.521. The van der Waals surface area contributed by atoms with Gasteiger partial charge in [0.1, 0.15) is 35.6 Å². The molecule has 1 aromatic heterocycles. The molecule has 8 aliphatic rings. The predicted octanol–water partition coefficient (Wildman–Crippen LogP) is 4.11. The first-order valence-corrected chi connectivity index (χ1v) is 28.5. The van der Waals surface area contributed by atoms with Gasteiger partial charge in [0.2, 0.25) is 10.0 Å². The molecule has 4 aliphatic carbocycles. The zero-order valence-corrected chi connectivity index (χ0v) is 45.0. The van der Waals surface area contributed by atoms with Crippen molar-refractivity contribution in [3.63, 3.8) is 0 Å². The van der Waals surface area contributed by atoms with Crippen molar-refractivity contribution in [2.24, 2.45) is 39.6 Å². The van der Waals surface area contributed by atoms with Crippen LogP contribution in [0, 0.1) is 34.5 Å². The van der Waals surface area contributed by atoms with Crippen LogP contribution in [0.5, 0.6) is 0 Å². The summed E-state index contributed by atoms with van der Waals surface area (Å²) in [4.78, 5) is 22.7. The molecular weight excluding hydrogens is 1040 g/mol. The van der Waals surface area contributed by atoms with Crippen LogP contribution in [0.4, 0.5) is 5.69 Å². The Morgan fingerprint density at radius 1 is 0.829 bits per heavy atom. The lowest BCUT2D eigenvalue weighted by Crippen LogP contribution is -2.67. The topological polar surface area (TPSA) is 326 Å². The largest absolute Gasteiger partial charge is 0.478 e. The first kappa shape index (κ1) is 57.4. The van der Waals surface area contributed by atoms with E-state index in [-0.39, 0.29) is 83.9 Å². The SMILES string of the molecule is C[C@H]1O[C@@H](O[C@H]2[C@@H](O)C[C@H](O[C@H]3[C@@H](O)C[C@H](O[C@H]4CC[C@@]5(C)[C@H](CC[C@@H]6[C@@H]5C[C@@H](O)[C@]5(C)[C@@H](C7=CC(=O)OC7)CC[C@]65O)C4)O[C@@H]3C)O[C@@H]2C)C[C@H](O)[C@@H]1O.NS(=O)(=O)c1cc(C(=O)O)c(NCc2ccco2)cc1Cl. The van der Waals surface area contributed by atoms with Crippen LogP contribution in [0.2, 0.25) is 5.02 Å². The number of furan rings is 1. The minimum atomic E-state index is -4.11. The molecule has 0 unspecified atom stereocenters. The van der Waals surface area contributed by atoms with Crippen molar-refractivity contribution in [3.8, 4) is 0 Å². The number of hydrogen-bond acceptors (Lipinski definition) is 19. The third-order valence-corrected chi connectivity index (χ3v) is 20.0. The molecule has 0 spiro atoms. The van der Waals surface area contributed by atoms with Gasteiger partial charge in [-0.15, -0.1) is 0 Å². The molecule has 4 aliphatic heterocycles. The predicted molar refractivity (Wildman–Crippen MR) is 268 cm³/mol. The number of halogens is 1. The molecule has 0 radical (unpaired) electrons. The molecule has 23 heteroatoms. The number of esters is 1. The molecule has 1 aromatic carbocycles. The minimum absolute atomic E-state index is 0.0452. The molecule has 424 valence electrons. The number of carboxylic acid groups (broad SMARTS) is 1. The molecule has 4 saturated carbocycles. The highest BCUT2D eigenvalue weighted by atomic mass is 35.5. The molecule has 0 bridgehead atoms. The van der Waals surface area contributed by atoms with Gasteiger partial charge >= 0.3 is 11.9 Å². The second kappa shape index (κ2) is 22.3. The lowest BCUT2D eigenvalue weighted by atomic mass is 9.42. The van der Waals surface area contributed by atoms with Gasteiger partial charge in [0.15, 0.2) is 18.9 Å². The second-order valence-corrected chi connectivity index (χ2v) is 24.9. The highest BCUT2D eigenvalue weighted by molar-refractivity contribution is 7.89. The molecule has 5 heterocycles. The summed E-state index contributed by atoms with van der Waals surface area (Å²) < 4.78 is 69.9. The van der Waals surface area contributed by atoms with E-state index in [1.54, 1.807) is 32.1 Å². The van der Waals surface area contributed by atoms with Crippen LogP contribution in [-0.4, -0.2) is 154 Å². The lowest BCUT2D eigenvalue weighted by molar-refractivity contribution is -0.336. The monoisotopic (exact) mass is 1110 g/mol. The molecule has 10 rings (SSSR count). The fourth-order valence-corrected chi connectivity index (χ4v) is 15.6. The molecule has 0 amide bonds. The van der Waals surface area contributed by atoms with Gasteiger partial charge in [-0.05, 0) is 131 Å². The summed E-state index contributed by atoms with van der Waals surface area (Å²) in [6.07, 6.45) is -0.0335. The molecule has 21 nitrogen and oxygen atoms in total. The summed E-state index contributed by atoms with van der Waals surface area (Å²) in [6, 6.07) is 5.51. The van der Waals surface area contributed by atoms with Crippen LogP contribution in [0.25, 0.3) is 0 Å². The van der Waals surface area contributed by atoms with Gasteiger partial charge in [-0.3, -0.25) is 0 Å². The van der Waals surface area contributed by atoms with E-state index < -0.39 is 112 Å². The quantitative estimate of drug-likeness (QED) is 0.107. The normalized spacial score (nSPS) is 43.3. The van der Waals surface area contributed by atoms with E-state index in [1.165, 1.54) is 12.3 Å². The van der Waals surface area contributed by atoms with E-state index >= 15 is 0 Å². The Kier molecular flexibility index (Phi) is 16.9. The van der Waals surface area contributed by atoms with Crippen LogP contribution in [0.15, 0.2) is 51.5 Å². The number of primary sulfonamides is 1. The number of hydrogen-bond donors (Lipinski definition) is 9. The molecule has 21 atom stereocenters. The van der Waals surface area contributed by atoms with E-state index in [4.69, 9.17) is 59.4 Å². The van der Waals surface area contributed by atoms with Crippen LogP contribution in [0.1, 0.15) is 121 Å². The van der Waals surface area contributed by atoms with E-state index in [2.05, 4.69) is 12.2 Å². The third-order valence-electron chi connectivity index (χ3n) is 18.6. The summed E-state index contributed by atoms with van der Waals surface area (Å²) in [5.41, 5.74) is -0.983. The van der Waals surface area contributed by atoms with Crippen molar-refractivity contribution >= 4 is 39.3 Å². The van der Waals surface area contributed by atoms with E-state index in [0.717, 1.165) is 50.2 Å². The number of nitrogens with one attached hydrogen (secondary N) is 1. The van der Waals surface area contributed by atoms with Crippen molar-refractivity contribution in [2.75, 3.05) is 11.9 Å². The number of cyclic esters (lactones) is 1. The number of anilines is 1. The van der Waals surface area contributed by atoms with Crippen LogP contribution in [0.3, 0.4) is 0 Å². The van der Waals surface area contributed by atoms with Crippen LogP contribution in [-0.2, 0) is 54.5 Å². The lowest BCUT2D eigenvalue weighted by Gasteiger charge is -2.65. The average Bonchev–Trinajstić information content (AvgIpc) is 4.10. The number of nitrogens with two attached hydrogens (primary N) is 1. The van der Waals surface area contributed by atoms with Crippen molar-refractivity contribution < 1.29 is 91.3 Å². The maximum Gasteiger partial charge on any atom is 0.337 e. The second-order valence-electron chi connectivity index (χ2n) is 22.9. The number of carboxylic acids is 1. The van der Waals surface area contributed by atoms with E-state index in [1.807, 2.05) is 13.8 Å². The first-order valence-electron chi connectivity index (χ1n) is 26.6. The highest BCUT2D eigenvalue weighted by Gasteiger charge is 2.71. The molecule has 10 N–H and O–H groups in total. The van der Waals surface area contributed by atoms with Gasteiger partial charge in [0.25, 0.3) is 0 Å². The molecule has 7 fully saturated rings. The maximum atomic E-state index is 12.6. The zero-order chi connectivity index (χ0) is 54.8. The number of sulfonamides is 1. The van der Waals surface area contributed by atoms with Gasteiger partial charge in [0, 0.05) is 30.8 Å². The number of aliphatic hydroxyl groups is 6.